The van der Waals surface area contributed by atoms with Crippen molar-refractivity contribution in [3.8, 4) is 0 Å². The number of pyridine rings is 1. The molecule has 0 saturated carbocycles. The van der Waals surface area contributed by atoms with Gasteiger partial charge in [0, 0.05) is 11.1 Å². The first kappa shape index (κ1) is 9.47. The minimum Gasteiger partial charge on any atom is -0.253 e. The highest BCUT2D eigenvalue weighted by atomic mass is 35.5. The molecule has 1 aromatic heterocycles. The molecule has 1 aromatic carbocycles. The third kappa shape index (κ3) is 1.38. The Labute approximate surface area is 88.7 Å². The topological polar surface area (TPSA) is 12.9 Å². The number of rotatable bonds is 0. The number of hydrogen-bond donors (Lipinski definition) is 0. The molecule has 2 aromatic rings. The highest BCUT2D eigenvalue weighted by Gasteiger charge is 2.06. The molecule has 0 aliphatic heterocycles. The van der Waals surface area contributed by atoms with Crippen LogP contribution in [0.25, 0.3) is 10.9 Å². The average molecular weight is 206 g/mol. The Hall–Kier alpha value is -1.08. The molecule has 0 saturated heterocycles. The van der Waals surface area contributed by atoms with Gasteiger partial charge in [0.1, 0.15) is 0 Å². The van der Waals surface area contributed by atoms with Gasteiger partial charge < -0.3 is 0 Å². The van der Waals surface area contributed by atoms with E-state index < -0.39 is 0 Å². The maximum absolute atomic E-state index is 6.20. The smallest absolute Gasteiger partial charge is 0.0723 e. The molecule has 14 heavy (non-hydrogen) atoms. The van der Waals surface area contributed by atoms with Crippen molar-refractivity contribution >= 4 is 22.5 Å². The fraction of sp³-hybridized carbons (Fsp3) is 0.250. The second-order valence-corrected chi connectivity index (χ2v) is 4.05. The molecule has 0 unspecified atom stereocenters. The molecule has 0 fully saturated rings. The third-order valence-electron chi connectivity index (χ3n) is 2.59. The molecule has 0 aliphatic rings. The molecule has 0 radical (unpaired) electrons. The molecule has 0 bridgehead atoms. The van der Waals surface area contributed by atoms with Crippen molar-refractivity contribution in [2.45, 2.75) is 20.8 Å². The highest BCUT2D eigenvalue weighted by molar-refractivity contribution is 6.35. The van der Waals surface area contributed by atoms with Crippen molar-refractivity contribution in [1.29, 1.82) is 0 Å². The summed E-state index contributed by atoms with van der Waals surface area (Å²) in [6, 6.07) is 6.02. The van der Waals surface area contributed by atoms with Crippen LogP contribution in [0.4, 0.5) is 0 Å². The van der Waals surface area contributed by atoms with Crippen LogP contribution in [-0.4, -0.2) is 4.98 Å². The van der Waals surface area contributed by atoms with Crippen LogP contribution in [0.1, 0.15) is 16.8 Å². The Morgan fingerprint density at radius 3 is 2.57 bits per heavy atom. The lowest BCUT2D eigenvalue weighted by molar-refractivity contribution is 1.24. The predicted octanol–water partition coefficient (Wildman–Crippen LogP) is 3.81. The lowest BCUT2D eigenvalue weighted by Gasteiger charge is -2.07. The first-order valence-corrected chi connectivity index (χ1v) is 5.00. The van der Waals surface area contributed by atoms with Crippen molar-refractivity contribution in [2.75, 3.05) is 0 Å². The summed E-state index contributed by atoms with van der Waals surface area (Å²) in [6.45, 7) is 6.13. The van der Waals surface area contributed by atoms with Crippen LogP contribution in [0.15, 0.2) is 18.2 Å². The van der Waals surface area contributed by atoms with Gasteiger partial charge in [0.15, 0.2) is 0 Å². The quantitative estimate of drug-likeness (QED) is 0.637. The lowest BCUT2D eigenvalue weighted by atomic mass is 10.0. The molecule has 1 heterocycles. The second-order valence-electron chi connectivity index (χ2n) is 3.65. The summed E-state index contributed by atoms with van der Waals surface area (Å²) >= 11 is 6.20. The van der Waals surface area contributed by atoms with E-state index in [9.17, 15) is 0 Å². The highest BCUT2D eigenvalue weighted by Crippen LogP contribution is 2.27. The summed E-state index contributed by atoms with van der Waals surface area (Å²) < 4.78 is 0. The molecule has 0 spiro atoms. The monoisotopic (exact) mass is 205 g/mol. The van der Waals surface area contributed by atoms with Gasteiger partial charge in [0.25, 0.3) is 0 Å². The van der Waals surface area contributed by atoms with Crippen molar-refractivity contribution in [1.82, 2.24) is 4.98 Å². The number of hydrogen-bond acceptors (Lipinski definition) is 1. The first-order valence-electron chi connectivity index (χ1n) is 4.62. The molecule has 0 amide bonds. The van der Waals surface area contributed by atoms with E-state index in [-0.39, 0.29) is 0 Å². The largest absolute Gasteiger partial charge is 0.253 e. The van der Waals surface area contributed by atoms with E-state index in [1.165, 1.54) is 11.1 Å². The Bertz CT molecular complexity index is 503. The molecule has 2 rings (SSSR count). The lowest BCUT2D eigenvalue weighted by Crippen LogP contribution is -1.89. The summed E-state index contributed by atoms with van der Waals surface area (Å²) in [4.78, 5) is 4.45. The molecule has 0 atom stereocenters. The van der Waals surface area contributed by atoms with Gasteiger partial charge in [-0.2, -0.15) is 0 Å². The zero-order valence-electron chi connectivity index (χ0n) is 8.56. The zero-order chi connectivity index (χ0) is 10.3. The van der Waals surface area contributed by atoms with Crippen LogP contribution in [0.5, 0.6) is 0 Å². The molecule has 72 valence electrons. The van der Waals surface area contributed by atoms with Gasteiger partial charge in [0.05, 0.1) is 10.5 Å². The normalized spacial score (nSPS) is 10.9. The van der Waals surface area contributed by atoms with Crippen molar-refractivity contribution < 1.29 is 0 Å². The molecule has 2 heteroatoms. The van der Waals surface area contributed by atoms with Crippen LogP contribution in [0, 0.1) is 20.8 Å². The summed E-state index contributed by atoms with van der Waals surface area (Å²) in [5.74, 6) is 0. The molecular formula is C12H12ClN. The van der Waals surface area contributed by atoms with Crippen LogP contribution in [-0.2, 0) is 0 Å². The van der Waals surface area contributed by atoms with Crippen LogP contribution >= 0.6 is 11.6 Å². The minimum atomic E-state index is 0.800. The van der Waals surface area contributed by atoms with Crippen LogP contribution in [0.3, 0.4) is 0 Å². The number of nitrogens with zero attached hydrogens (tertiary/aromatic N) is 1. The summed E-state index contributed by atoms with van der Waals surface area (Å²) in [5, 5.41) is 1.88. The van der Waals surface area contributed by atoms with E-state index >= 15 is 0 Å². The Morgan fingerprint density at radius 2 is 1.86 bits per heavy atom. The molecule has 0 N–H and O–H groups in total. The number of aromatic nitrogens is 1. The number of aryl methyl sites for hydroxylation is 3. The van der Waals surface area contributed by atoms with Gasteiger partial charge in [-0.15, -0.1) is 0 Å². The fourth-order valence-electron chi connectivity index (χ4n) is 1.67. The van der Waals surface area contributed by atoms with E-state index in [1.54, 1.807) is 0 Å². The summed E-state index contributed by atoms with van der Waals surface area (Å²) in [7, 11) is 0. The number of benzene rings is 1. The Morgan fingerprint density at radius 1 is 1.14 bits per heavy atom. The van der Waals surface area contributed by atoms with E-state index in [4.69, 9.17) is 11.6 Å². The summed E-state index contributed by atoms with van der Waals surface area (Å²) in [5.41, 5.74) is 4.42. The average Bonchev–Trinajstić information content (AvgIpc) is 2.10. The maximum Gasteiger partial charge on any atom is 0.0723 e. The third-order valence-corrected chi connectivity index (χ3v) is 2.88. The van der Waals surface area contributed by atoms with Crippen molar-refractivity contribution in [3.63, 3.8) is 0 Å². The second kappa shape index (κ2) is 3.25. The van der Waals surface area contributed by atoms with Gasteiger partial charge in [-0.1, -0.05) is 17.7 Å². The number of fused-ring (bicyclic) bond motifs is 1. The number of halogens is 1. The minimum absolute atomic E-state index is 0.800. The van der Waals surface area contributed by atoms with Crippen LogP contribution < -0.4 is 0 Å². The van der Waals surface area contributed by atoms with Gasteiger partial charge in [-0.3, -0.25) is 4.98 Å². The Kier molecular flexibility index (Phi) is 2.20. The SMILES string of the molecule is Cc1cc(Cl)c2c(C)c(C)ccc2n1. The van der Waals surface area contributed by atoms with Crippen molar-refractivity contribution in [2.24, 2.45) is 0 Å². The molecule has 1 nitrogen and oxygen atoms in total. The molecular weight excluding hydrogens is 194 g/mol. The van der Waals surface area contributed by atoms with E-state index in [1.807, 2.05) is 19.1 Å². The molecule has 0 aliphatic carbocycles. The summed E-state index contributed by atoms with van der Waals surface area (Å²) in [6.07, 6.45) is 0. The van der Waals surface area contributed by atoms with Crippen molar-refractivity contribution in [3.05, 3.63) is 40.0 Å². The first-order chi connectivity index (χ1) is 6.59. The fourth-order valence-corrected chi connectivity index (χ4v) is 2.07. The van der Waals surface area contributed by atoms with Gasteiger partial charge in [0.2, 0.25) is 0 Å². The van der Waals surface area contributed by atoms with E-state index in [0.717, 1.165) is 21.6 Å². The standard InChI is InChI=1S/C12H12ClN/c1-7-4-5-11-12(9(7)3)10(13)6-8(2)14-11/h4-6H,1-3H3. The van der Waals surface area contributed by atoms with E-state index in [2.05, 4.69) is 24.9 Å². The van der Waals surface area contributed by atoms with E-state index in [0.29, 0.717) is 0 Å². The van der Waals surface area contributed by atoms with Crippen LogP contribution in [0.2, 0.25) is 5.02 Å². The van der Waals surface area contributed by atoms with Gasteiger partial charge in [-0.05, 0) is 44.0 Å². The Balaban J connectivity index is 2.95. The predicted molar refractivity (Wildman–Crippen MR) is 61.0 cm³/mol. The van der Waals surface area contributed by atoms with Gasteiger partial charge >= 0.3 is 0 Å². The van der Waals surface area contributed by atoms with Gasteiger partial charge in [-0.25, -0.2) is 0 Å². The maximum atomic E-state index is 6.20. The zero-order valence-corrected chi connectivity index (χ0v) is 9.31.